The van der Waals surface area contributed by atoms with Crippen molar-refractivity contribution in [2.45, 2.75) is 89.9 Å². The molecular formula is C35H46O4Si. The van der Waals surface area contributed by atoms with Crippen molar-refractivity contribution in [2.75, 3.05) is 19.8 Å². The van der Waals surface area contributed by atoms with Gasteiger partial charge in [-0.15, -0.1) is 0 Å². The van der Waals surface area contributed by atoms with E-state index in [2.05, 4.69) is 88.4 Å². The molecule has 4 nitrogen and oxygen atoms in total. The van der Waals surface area contributed by atoms with E-state index >= 15 is 0 Å². The smallest absolute Gasteiger partial charge is 0.261 e. The maximum atomic E-state index is 13.8. The van der Waals surface area contributed by atoms with Crippen molar-refractivity contribution < 1.29 is 18.7 Å². The van der Waals surface area contributed by atoms with Gasteiger partial charge in [0.1, 0.15) is 0 Å². The Kier molecular flexibility index (Phi) is 7.48. The van der Waals surface area contributed by atoms with E-state index in [4.69, 9.17) is 13.9 Å². The Morgan fingerprint density at radius 1 is 0.950 bits per heavy atom. The van der Waals surface area contributed by atoms with Gasteiger partial charge in [0.2, 0.25) is 0 Å². The number of Topliss-reactive ketones (excluding diaryl/α,β-unsaturated/α-hetero) is 1. The summed E-state index contributed by atoms with van der Waals surface area (Å²) in [7, 11) is -2.51. The van der Waals surface area contributed by atoms with E-state index < -0.39 is 14.1 Å². The fourth-order valence-corrected chi connectivity index (χ4v) is 13.3. The second-order valence-corrected chi connectivity index (χ2v) is 18.0. The minimum Gasteiger partial charge on any atom is -0.407 e. The zero-order valence-electron chi connectivity index (χ0n) is 24.8. The zero-order valence-corrected chi connectivity index (χ0v) is 25.8. The van der Waals surface area contributed by atoms with Crippen LogP contribution in [0.15, 0.2) is 71.8 Å². The fraction of sp³-hybridized carbons (Fsp3) is 0.571. The Hall–Kier alpha value is -2.05. The topological polar surface area (TPSA) is 44.8 Å². The minimum atomic E-state index is -2.51. The quantitative estimate of drug-likeness (QED) is 0.258. The molecule has 4 aliphatic rings. The molecule has 0 spiro atoms. The van der Waals surface area contributed by atoms with E-state index in [0.29, 0.717) is 31.5 Å². The van der Waals surface area contributed by atoms with Gasteiger partial charge in [-0.25, -0.2) is 0 Å². The van der Waals surface area contributed by atoms with Crippen LogP contribution in [0.3, 0.4) is 0 Å². The molecule has 1 heterocycles. The molecule has 40 heavy (non-hydrogen) atoms. The largest absolute Gasteiger partial charge is 0.407 e. The van der Waals surface area contributed by atoms with Crippen molar-refractivity contribution in [1.29, 1.82) is 0 Å². The van der Waals surface area contributed by atoms with E-state index in [1.807, 2.05) is 0 Å². The third kappa shape index (κ3) is 4.39. The van der Waals surface area contributed by atoms with Crippen molar-refractivity contribution in [1.82, 2.24) is 0 Å². The first-order valence-electron chi connectivity index (χ1n) is 15.5. The monoisotopic (exact) mass is 558 g/mol. The van der Waals surface area contributed by atoms with Gasteiger partial charge < -0.3 is 13.9 Å². The number of hydrogen-bond donors (Lipinski definition) is 0. The van der Waals surface area contributed by atoms with Gasteiger partial charge in [-0.3, -0.25) is 4.79 Å². The summed E-state index contributed by atoms with van der Waals surface area (Å²) in [4.78, 5) is 13.8. The van der Waals surface area contributed by atoms with Gasteiger partial charge >= 0.3 is 0 Å². The number of unbranched alkanes of at least 4 members (excludes halogenated alkanes) is 1. The van der Waals surface area contributed by atoms with Gasteiger partial charge in [0.15, 0.2) is 11.6 Å². The zero-order chi connectivity index (χ0) is 28.0. The second-order valence-electron chi connectivity index (χ2n) is 13.7. The molecule has 5 heteroatoms. The summed E-state index contributed by atoms with van der Waals surface area (Å²) in [5.41, 5.74) is 2.47. The Morgan fingerprint density at radius 2 is 1.57 bits per heavy atom. The van der Waals surface area contributed by atoms with Gasteiger partial charge in [0.25, 0.3) is 8.32 Å². The lowest BCUT2D eigenvalue weighted by Crippen LogP contribution is -2.66. The highest BCUT2D eigenvalue weighted by Crippen LogP contribution is 2.65. The predicted molar refractivity (Wildman–Crippen MR) is 162 cm³/mol. The van der Waals surface area contributed by atoms with Crippen molar-refractivity contribution in [2.24, 2.45) is 17.3 Å². The molecule has 0 unspecified atom stereocenters. The minimum absolute atomic E-state index is 0.0194. The van der Waals surface area contributed by atoms with Crippen molar-refractivity contribution in [3.05, 3.63) is 71.8 Å². The molecule has 0 amide bonds. The van der Waals surface area contributed by atoms with Crippen LogP contribution in [-0.4, -0.2) is 39.7 Å². The number of allylic oxidation sites excluding steroid dienone is 1. The third-order valence-electron chi connectivity index (χ3n) is 10.5. The number of ketones is 1. The van der Waals surface area contributed by atoms with Gasteiger partial charge in [-0.2, -0.15) is 0 Å². The molecule has 1 saturated heterocycles. The molecule has 2 aromatic rings. The molecule has 214 valence electrons. The number of carbonyl (C=O) groups excluding carboxylic acids is 1. The molecule has 0 radical (unpaired) electrons. The fourth-order valence-electron chi connectivity index (χ4n) is 8.70. The first-order chi connectivity index (χ1) is 19.2. The molecule has 6 rings (SSSR count). The second kappa shape index (κ2) is 10.7. The van der Waals surface area contributed by atoms with Crippen LogP contribution in [0.5, 0.6) is 0 Å². The van der Waals surface area contributed by atoms with E-state index in [1.54, 1.807) is 0 Å². The molecule has 2 fully saturated rings. The summed E-state index contributed by atoms with van der Waals surface area (Å²) in [5, 5.41) is 2.62. The van der Waals surface area contributed by atoms with E-state index in [1.165, 1.54) is 21.5 Å². The molecule has 0 N–H and O–H groups in total. The van der Waals surface area contributed by atoms with Crippen LogP contribution >= 0.6 is 0 Å². The standard InChI is InChI=1S/C35H46O4Si/c1-33(2,3)40(28-16-7-5-8-17-28,29-18-9-6-10-19-29)39-21-12-11-14-26-24-30-31(32(26)36)27-15-13-20-35(30,25-27)34(4)37-22-23-38-34/h5-10,16-19,26-27H,11-15,20-25H2,1-4H3/t26-,27-,35-/m0/s1. The molecule has 2 aromatic carbocycles. The van der Waals surface area contributed by atoms with Gasteiger partial charge in [0, 0.05) is 17.9 Å². The maximum absolute atomic E-state index is 13.8. The number of hydrogen-bond acceptors (Lipinski definition) is 4. The van der Waals surface area contributed by atoms with Crippen molar-refractivity contribution in [3.8, 4) is 0 Å². The highest BCUT2D eigenvalue weighted by atomic mass is 28.4. The van der Waals surface area contributed by atoms with Gasteiger partial charge in [-0.05, 0) is 72.4 Å². The Balaban J connectivity index is 1.13. The number of ether oxygens (including phenoxy) is 2. The third-order valence-corrected chi connectivity index (χ3v) is 15.6. The molecule has 2 bridgehead atoms. The van der Waals surface area contributed by atoms with E-state index in [0.717, 1.165) is 51.4 Å². The van der Waals surface area contributed by atoms with Crippen molar-refractivity contribution >= 4 is 24.5 Å². The van der Waals surface area contributed by atoms with Gasteiger partial charge in [-0.1, -0.05) is 99.8 Å². The molecule has 3 atom stereocenters. The molecule has 1 aliphatic heterocycles. The van der Waals surface area contributed by atoms with Crippen LogP contribution in [-0.2, 0) is 18.7 Å². The van der Waals surface area contributed by atoms with Crippen molar-refractivity contribution in [3.63, 3.8) is 0 Å². The molecule has 0 aromatic heterocycles. The first kappa shape index (κ1) is 28.1. The van der Waals surface area contributed by atoms with Crippen LogP contribution in [0.2, 0.25) is 5.04 Å². The molecule has 3 aliphatic carbocycles. The summed E-state index contributed by atoms with van der Waals surface area (Å²) < 4.78 is 19.6. The lowest BCUT2D eigenvalue weighted by atomic mass is 9.65. The highest BCUT2D eigenvalue weighted by Gasteiger charge is 2.63. The Morgan fingerprint density at radius 3 is 2.17 bits per heavy atom. The van der Waals surface area contributed by atoms with Crippen LogP contribution in [0.25, 0.3) is 0 Å². The highest BCUT2D eigenvalue weighted by molar-refractivity contribution is 6.99. The summed E-state index contributed by atoms with van der Waals surface area (Å²) in [6, 6.07) is 21.7. The van der Waals surface area contributed by atoms with Crippen LogP contribution in [0.1, 0.15) is 79.1 Å². The number of fused-ring (bicyclic) bond motifs is 4. The van der Waals surface area contributed by atoms with E-state index in [-0.39, 0.29) is 16.4 Å². The Labute approximate surface area is 241 Å². The maximum Gasteiger partial charge on any atom is 0.261 e. The number of rotatable bonds is 9. The van der Waals surface area contributed by atoms with E-state index in [9.17, 15) is 4.79 Å². The number of carbonyl (C=O) groups is 1. The summed E-state index contributed by atoms with van der Waals surface area (Å²) >= 11 is 0. The normalized spacial score (nSPS) is 27.9. The molecular weight excluding hydrogens is 512 g/mol. The lowest BCUT2D eigenvalue weighted by Gasteiger charge is -2.47. The predicted octanol–water partition coefficient (Wildman–Crippen LogP) is 6.57. The first-order valence-corrected chi connectivity index (χ1v) is 17.4. The van der Waals surface area contributed by atoms with Gasteiger partial charge in [0.05, 0.1) is 13.2 Å². The average Bonchev–Trinajstić information content (AvgIpc) is 3.61. The number of benzene rings is 2. The molecule has 1 saturated carbocycles. The van der Waals surface area contributed by atoms with Crippen LogP contribution < -0.4 is 10.4 Å². The average molecular weight is 559 g/mol. The Bertz CT molecular complexity index is 1200. The summed E-state index contributed by atoms with van der Waals surface area (Å²) in [5.74, 6) is 0.382. The summed E-state index contributed by atoms with van der Waals surface area (Å²) in [6.45, 7) is 11.2. The SMILES string of the molecule is CC1([C@@]23CCC[C@@H](C2)C2=C3C[C@H](CCCCO[Si](c3ccccc3)(c3ccccc3)C(C)(C)C)C2=O)OCCO1. The lowest BCUT2D eigenvalue weighted by molar-refractivity contribution is -0.221. The van der Waals surface area contributed by atoms with Crippen LogP contribution in [0.4, 0.5) is 0 Å². The van der Waals surface area contributed by atoms with Crippen LogP contribution in [0, 0.1) is 17.3 Å². The summed E-state index contributed by atoms with van der Waals surface area (Å²) in [6.07, 6.45) is 8.26.